The van der Waals surface area contributed by atoms with Crippen molar-refractivity contribution in [3.63, 3.8) is 0 Å². The van der Waals surface area contributed by atoms with Gasteiger partial charge in [0.2, 0.25) is 0 Å². The Bertz CT molecular complexity index is 519. The number of pyridine rings is 1. The molecule has 3 rings (SSSR count). The first-order valence-corrected chi connectivity index (χ1v) is 5.54. The fourth-order valence-corrected chi connectivity index (χ4v) is 2.49. The van der Waals surface area contributed by atoms with Crippen LogP contribution in [0.5, 0.6) is 0 Å². The van der Waals surface area contributed by atoms with Crippen LogP contribution < -0.4 is 5.32 Å². The molecule has 1 aliphatic heterocycles. The van der Waals surface area contributed by atoms with Gasteiger partial charge in [0.15, 0.2) is 0 Å². The van der Waals surface area contributed by atoms with Gasteiger partial charge in [0, 0.05) is 12.7 Å². The molecule has 0 radical (unpaired) electrons. The Hall–Kier alpha value is -1.68. The number of nitrogens with zero attached hydrogens (tertiary/aromatic N) is 1. The first-order chi connectivity index (χ1) is 7.36. The van der Waals surface area contributed by atoms with E-state index in [0.29, 0.717) is 6.54 Å². The number of hydrogen-bond donors (Lipinski definition) is 1. The highest BCUT2D eigenvalue weighted by atomic mass is 32.1. The van der Waals surface area contributed by atoms with Crippen molar-refractivity contribution in [1.82, 2.24) is 10.3 Å². The largest absolute Gasteiger partial charge is 0.348 e. The number of carbonyl (C=O) groups is 1. The van der Waals surface area contributed by atoms with Crippen LogP contribution in [0.1, 0.15) is 15.9 Å². The Labute approximate surface area is 90.8 Å². The van der Waals surface area contributed by atoms with Gasteiger partial charge in [-0.15, -0.1) is 11.3 Å². The number of hydrogen-bond acceptors (Lipinski definition) is 3. The van der Waals surface area contributed by atoms with Crippen molar-refractivity contribution in [2.45, 2.75) is 6.54 Å². The highest BCUT2D eigenvalue weighted by Crippen LogP contribution is 2.29. The molecule has 1 amide bonds. The molecule has 0 spiro atoms. The molecule has 4 heteroatoms. The van der Waals surface area contributed by atoms with Crippen LogP contribution in [0.4, 0.5) is 0 Å². The van der Waals surface area contributed by atoms with Crippen molar-refractivity contribution in [3.8, 4) is 10.6 Å². The Balaban J connectivity index is 2.26. The highest BCUT2D eigenvalue weighted by molar-refractivity contribution is 7.13. The lowest BCUT2D eigenvalue weighted by Crippen LogP contribution is -2.13. The van der Waals surface area contributed by atoms with Crippen LogP contribution in [-0.4, -0.2) is 10.9 Å². The van der Waals surface area contributed by atoms with Gasteiger partial charge in [0.1, 0.15) is 0 Å². The molecular weight excluding hydrogens is 208 g/mol. The summed E-state index contributed by atoms with van der Waals surface area (Å²) in [5.41, 5.74) is 2.58. The fraction of sp³-hybridized carbons (Fsp3) is 0.0909. The minimum atomic E-state index is -0.0125. The first kappa shape index (κ1) is 8.61. The van der Waals surface area contributed by atoms with Gasteiger partial charge in [-0.25, -0.2) is 0 Å². The zero-order chi connectivity index (χ0) is 10.3. The first-order valence-electron chi connectivity index (χ1n) is 4.66. The summed E-state index contributed by atoms with van der Waals surface area (Å²) in [5, 5.41) is 4.80. The summed E-state index contributed by atoms with van der Waals surface area (Å²) in [7, 11) is 0. The van der Waals surface area contributed by atoms with Crippen LogP contribution >= 0.6 is 11.3 Å². The summed E-state index contributed by atoms with van der Waals surface area (Å²) in [4.78, 5) is 17.0. The molecule has 3 nitrogen and oxygen atoms in total. The van der Waals surface area contributed by atoms with Crippen molar-refractivity contribution < 1.29 is 4.79 Å². The third-order valence-electron chi connectivity index (χ3n) is 2.46. The molecule has 0 bridgehead atoms. The third kappa shape index (κ3) is 1.26. The molecule has 2 aromatic heterocycles. The van der Waals surface area contributed by atoms with E-state index in [9.17, 15) is 4.79 Å². The SMILES string of the molecule is O=C1NCc2ccnc(-c3cccs3)c21. The average Bonchev–Trinajstić information content (AvgIpc) is 2.88. The van der Waals surface area contributed by atoms with Gasteiger partial charge in [-0.1, -0.05) is 6.07 Å². The monoisotopic (exact) mass is 216 g/mol. The predicted molar refractivity (Wildman–Crippen MR) is 58.7 cm³/mol. The third-order valence-corrected chi connectivity index (χ3v) is 3.33. The topological polar surface area (TPSA) is 42.0 Å². The van der Waals surface area contributed by atoms with Gasteiger partial charge in [0.05, 0.1) is 16.1 Å². The van der Waals surface area contributed by atoms with Crippen molar-refractivity contribution in [2.24, 2.45) is 0 Å². The average molecular weight is 216 g/mol. The van der Waals surface area contributed by atoms with Crippen LogP contribution in [-0.2, 0) is 6.54 Å². The van der Waals surface area contributed by atoms with E-state index in [1.54, 1.807) is 17.5 Å². The molecule has 74 valence electrons. The number of fused-ring (bicyclic) bond motifs is 1. The van der Waals surface area contributed by atoms with Gasteiger partial charge in [-0.2, -0.15) is 0 Å². The summed E-state index contributed by atoms with van der Waals surface area (Å²) < 4.78 is 0. The van der Waals surface area contributed by atoms with Crippen LogP contribution in [0.15, 0.2) is 29.8 Å². The lowest BCUT2D eigenvalue weighted by atomic mass is 10.1. The zero-order valence-corrected chi connectivity index (χ0v) is 8.67. The second-order valence-corrected chi connectivity index (χ2v) is 4.30. The maximum absolute atomic E-state index is 11.6. The standard InChI is InChI=1S/C11H8N2OS/c14-11-9-7(6-13-11)3-4-12-10(9)8-2-1-5-15-8/h1-5H,6H2,(H,13,14). The smallest absolute Gasteiger partial charge is 0.254 e. The molecule has 15 heavy (non-hydrogen) atoms. The summed E-state index contributed by atoms with van der Waals surface area (Å²) in [6.45, 7) is 0.620. The quantitative estimate of drug-likeness (QED) is 0.792. The number of aromatic nitrogens is 1. The maximum Gasteiger partial charge on any atom is 0.254 e. The molecule has 2 aromatic rings. The van der Waals surface area contributed by atoms with Crippen LogP contribution in [0, 0.1) is 0 Å². The molecule has 1 aliphatic rings. The van der Waals surface area contributed by atoms with E-state index in [-0.39, 0.29) is 5.91 Å². The normalized spacial score (nSPS) is 13.7. The summed E-state index contributed by atoms with van der Waals surface area (Å²) in [5.74, 6) is -0.0125. The maximum atomic E-state index is 11.6. The van der Waals surface area contributed by atoms with Gasteiger partial charge in [-0.05, 0) is 23.1 Å². The van der Waals surface area contributed by atoms with Crippen molar-refractivity contribution in [1.29, 1.82) is 0 Å². The minimum absolute atomic E-state index is 0.0125. The van der Waals surface area contributed by atoms with Crippen LogP contribution in [0.3, 0.4) is 0 Å². The zero-order valence-electron chi connectivity index (χ0n) is 7.86. The fourth-order valence-electron chi connectivity index (χ4n) is 1.77. The summed E-state index contributed by atoms with van der Waals surface area (Å²) >= 11 is 1.60. The van der Waals surface area contributed by atoms with Crippen molar-refractivity contribution in [2.75, 3.05) is 0 Å². The van der Waals surface area contributed by atoms with Crippen LogP contribution in [0.25, 0.3) is 10.6 Å². The molecule has 0 saturated heterocycles. The summed E-state index contributed by atoms with van der Waals surface area (Å²) in [6.07, 6.45) is 1.76. The molecule has 0 aliphatic carbocycles. The molecule has 0 saturated carbocycles. The minimum Gasteiger partial charge on any atom is -0.348 e. The van der Waals surface area contributed by atoms with E-state index >= 15 is 0 Å². The van der Waals surface area contributed by atoms with Gasteiger partial charge >= 0.3 is 0 Å². The number of rotatable bonds is 1. The number of carbonyl (C=O) groups excluding carboxylic acids is 1. The van der Waals surface area contributed by atoms with Crippen molar-refractivity contribution in [3.05, 3.63) is 40.9 Å². The van der Waals surface area contributed by atoms with Gasteiger partial charge in [0.25, 0.3) is 5.91 Å². The van der Waals surface area contributed by atoms with E-state index in [1.807, 2.05) is 23.6 Å². The Kier molecular flexibility index (Phi) is 1.82. The molecule has 0 fully saturated rings. The molecule has 3 heterocycles. The number of thiophene rings is 1. The number of amides is 1. The Morgan fingerprint density at radius 3 is 3.13 bits per heavy atom. The van der Waals surface area contributed by atoms with Crippen LogP contribution in [0.2, 0.25) is 0 Å². The molecule has 0 aromatic carbocycles. The Morgan fingerprint density at radius 2 is 2.33 bits per heavy atom. The Morgan fingerprint density at radius 1 is 1.40 bits per heavy atom. The second kappa shape index (κ2) is 3.17. The van der Waals surface area contributed by atoms with Crippen molar-refractivity contribution >= 4 is 17.2 Å². The highest BCUT2D eigenvalue weighted by Gasteiger charge is 2.23. The second-order valence-electron chi connectivity index (χ2n) is 3.35. The predicted octanol–water partition coefficient (Wildman–Crippen LogP) is 2.05. The van der Waals surface area contributed by atoms with E-state index in [2.05, 4.69) is 10.3 Å². The molecule has 0 atom stereocenters. The molecule has 0 unspecified atom stereocenters. The lowest BCUT2D eigenvalue weighted by molar-refractivity contribution is 0.0966. The molecule has 1 N–H and O–H groups in total. The van der Waals surface area contributed by atoms with E-state index < -0.39 is 0 Å². The van der Waals surface area contributed by atoms with Gasteiger partial charge in [-0.3, -0.25) is 9.78 Å². The van der Waals surface area contributed by atoms with E-state index in [1.165, 1.54) is 0 Å². The summed E-state index contributed by atoms with van der Waals surface area (Å²) in [6, 6.07) is 5.84. The van der Waals surface area contributed by atoms with E-state index in [4.69, 9.17) is 0 Å². The number of nitrogens with one attached hydrogen (secondary N) is 1. The molecular formula is C11H8N2OS. The van der Waals surface area contributed by atoms with E-state index in [0.717, 1.165) is 21.7 Å². The lowest BCUT2D eigenvalue weighted by Gasteiger charge is -2.01. The van der Waals surface area contributed by atoms with Gasteiger partial charge < -0.3 is 5.32 Å².